The molecular weight excluding hydrogens is 230 g/mol. The molecule has 1 rings (SSSR count). The Bertz CT molecular complexity index is 380. The average molecular weight is 253 g/mol. The van der Waals surface area contributed by atoms with Crippen LogP contribution in [-0.2, 0) is 9.47 Å². The topological polar surface area (TPSA) is 53.7 Å². The average Bonchev–Trinajstić information content (AvgIpc) is 2.36. The number of rotatable bonds is 7. The van der Waals surface area contributed by atoms with Gasteiger partial charge in [0.1, 0.15) is 5.75 Å². The third-order valence-corrected chi connectivity index (χ3v) is 2.91. The van der Waals surface area contributed by atoms with Crippen LogP contribution in [0.4, 0.5) is 0 Å². The number of benzene rings is 1. The van der Waals surface area contributed by atoms with Crippen LogP contribution < -0.4 is 10.5 Å². The number of aryl methyl sites for hydroxylation is 2. The molecule has 1 aromatic rings. The molecule has 0 aliphatic rings. The Kier molecular flexibility index (Phi) is 6.12. The molecule has 0 bridgehead atoms. The predicted molar refractivity (Wildman–Crippen MR) is 72.1 cm³/mol. The Morgan fingerprint density at radius 2 is 1.83 bits per heavy atom. The van der Waals surface area contributed by atoms with Gasteiger partial charge in [-0.25, -0.2) is 0 Å². The van der Waals surface area contributed by atoms with Crippen LogP contribution in [0.15, 0.2) is 12.1 Å². The van der Waals surface area contributed by atoms with Gasteiger partial charge >= 0.3 is 0 Å². The molecule has 0 aliphatic heterocycles. The molecular formula is C14H23NO3. The van der Waals surface area contributed by atoms with E-state index in [1.165, 1.54) is 0 Å². The zero-order chi connectivity index (χ0) is 13.5. The van der Waals surface area contributed by atoms with Crippen LogP contribution in [-0.4, -0.2) is 34.0 Å². The lowest BCUT2D eigenvalue weighted by Gasteiger charge is -2.17. The maximum absolute atomic E-state index is 6.13. The largest absolute Gasteiger partial charge is 0.496 e. The molecule has 4 nitrogen and oxygen atoms in total. The van der Waals surface area contributed by atoms with Crippen molar-refractivity contribution in [2.45, 2.75) is 19.9 Å². The van der Waals surface area contributed by atoms with Crippen molar-refractivity contribution in [1.29, 1.82) is 0 Å². The minimum absolute atomic E-state index is 0.119. The van der Waals surface area contributed by atoms with Crippen molar-refractivity contribution in [3.63, 3.8) is 0 Å². The monoisotopic (exact) mass is 253 g/mol. The molecule has 0 saturated carbocycles. The van der Waals surface area contributed by atoms with Crippen LogP contribution >= 0.6 is 0 Å². The van der Waals surface area contributed by atoms with Crippen molar-refractivity contribution in [1.82, 2.24) is 0 Å². The highest BCUT2D eigenvalue weighted by molar-refractivity contribution is 5.42. The third-order valence-electron chi connectivity index (χ3n) is 2.91. The molecule has 0 aromatic heterocycles. The van der Waals surface area contributed by atoms with E-state index in [-0.39, 0.29) is 6.04 Å². The minimum atomic E-state index is -0.119. The molecule has 18 heavy (non-hydrogen) atoms. The Morgan fingerprint density at radius 3 is 2.44 bits per heavy atom. The van der Waals surface area contributed by atoms with Crippen LogP contribution in [0.5, 0.6) is 5.75 Å². The van der Waals surface area contributed by atoms with E-state index in [1.807, 2.05) is 19.9 Å². The number of nitrogens with two attached hydrogens (primary N) is 1. The lowest BCUT2D eigenvalue weighted by molar-refractivity contribution is 0.0635. The summed E-state index contributed by atoms with van der Waals surface area (Å²) in [6, 6.07) is 3.96. The zero-order valence-corrected chi connectivity index (χ0v) is 11.7. The van der Waals surface area contributed by atoms with Gasteiger partial charge in [-0.15, -0.1) is 0 Å². The number of hydrogen-bond donors (Lipinski definition) is 1. The quantitative estimate of drug-likeness (QED) is 0.755. The second-order valence-electron chi connectivity index (χ2n) is 4.35. The first-order valence-corrected chi connectivity index (χ1v) is 6.07. The van der Waals surface area contributed by atoms with Crippen LogP contribution in [0, 0.1) is 13.8 Å². The third kappa shape index (κ3) is 3.98. The van der Waals surface area contributed by atoms with Gasteiger partial charge in [-0.3, -0.25) is 0 Å². The lowest BCUT2D eigenvalue weighted by Crippen LogP contribution is -2.19. The molecule has 1 aromatic carbocycles. The molecule has 0 saturated heterocycles. The van der Waals surface area contributed by atoms with Gasteiger partial charge in [-0.05, 0) is 36.6 Å². The van der Waals surface area contributed by atoms with E-state index in [2.05, 4.69) is 6.07 Å². The summed E-state index contributed by atoms with van der Waals surface area (Å²) in [6.45, 7) is 5.70. The molecule has 0 spiro atoms. The summed E-state index contributed by atoms with van der Waals surface area (Å²) in [5, 5.41) is 0. The first-order valence-electron chi connectivity index (χ1n) is 6.07. The SMILES string of the molecule is COCCOCC(N)c1cc(C)c(OC)cc1C. The molecule has 4 heteroatoms. The van der Waals surface area contributed by atoms with Gasteiger partial charge < -0.3 is 19.9 Å². The van der Waals surface area contributed by atoms with E-state index >= 15 is 0 Å². The smallest absolute Gasteiger partial charge is 0.122 e. The van der Waals surface area contributed by atoms with Gasteiger partial charge in [0.2, 0.25) is 0 Å². The summed E-state index contributed by atoms with van der Waals surface area (Å²) >= 11 is 0. The molecule has 0 aliphatic carbocycles. The van der Waals surface area contributed by atoms with Gasteiger partial charge in [0.05, 0.1) is 33.0 Å². The highest BCUT2D eigenvalue weighted by atomic mass is 16.5. The van der Waals surface area contributed by atoms with Crippen molar-refractivity contribution in [2.75, 3.05) is 34.0 Å². The summed E-state index contributed by atoms with van der Waals surface area (Å²) in [5.74, 6) is 0.892. The molecule has 102 valence electrons. The Hall–Kier alpha value is -1.10. The second-order valence-corrected chi connectivity index (χ2v) is 4.35. The molecule has 1 unspecified atom stereocenters. The maximum Gasteiger partial charge on any atom is 0.122 e. The molecule has 0 radical (unpaired) electrons. The Balaban J connectivity index is 2.67. The molecule has 1 atom stereocenters. The van der Waals surface area contributed by atoms with Crippen LogP contribution in [0.1, 0.15) is 22.7 Å². The molecule has 2 N–H and O–H groups in total. The summed E-state index contributed by atoms with van der Waals surface area (Å²) in [6.07, 6.45) is 0. The Morgan fingerprint density at radius 1 is 1.11 bits per heavy atom. The van der Waals surface area contributed by atoms with E-state index < -0.39 is 0 Å². The van der Waals surface area contributed by atoms with E-state index in [1.54, 1.807) is 14.2 Å². The minimum Gasteiger partial charge on any atom is -0.496 e. The molecule has 0 amide bonds. The molecule has 0 heterocycles. The van der Waals surface area contributed by atoms with Crippen molar-refractivity contribution in [3.05, 3.63) is 28.8 Å². The first kappa shape index (κ1) is 15.0. The number of ether oxygens (including phenoxy) is 3. The second kappa shape index (κ2) is 7.36. The predicted octanol–water partition coefficient (Wildman–Crippen LogP) is 1.97. The van der Waals surface area contributed by atoms with Crippen LogP contribution in [0.2, 0.25) is 0 Å². The fraction of sp³-hybridized carbons (Fsp3) is 0.571. The summed E-state index contributed by atoms with van der Waals surface area (Å²) in [7, 11) is 3.33. The van der Waals surface area contributed by atoms with Gasteiger partial charge in [-0.2, -0.15) is 0 Å². The highest BCUT2D eigenvalue weighted by Gasteiger charge is 2.12. The van der Waals surface area contributed by atoms with Crippen LogP contribution in [0.25, 0.3) is 0 Å². The van der Waals surface area contributed by atoms with Crippen molar-refractivity contribution >= 4 is 0 Å². The normalized spacial score (nSPS) is 12.5. The summed E-state index contributed by atoms with van der Waals surface area (Å²) in [5.41, 5.74) is 9.45. The van der Waals surface area contributed by atoms with Crippen LogP contribution in [0.3, 0.4) is 0 Å². The Labute approximate surface area is 109 Å². The summed E-state index contributed by atoms with van der Waals surface area (Å²) in [4.78, 5) is 0. The number of methoxy groups -OCH3 is 2. The van der Waals surface area contributed by atoms with Gasteiger partial charge in [-0.1, -0.05) is 6.07 Å². The fourth-order valence-corrected chi connectivity index (χ4v) is 1.87. The maximum atomic E-state index is 6.13. The van der Waals surface area contributed by atoms with Crippen molar-refractivity contribution < 1.29 is 14.2 Å². The van der Waals surface area contributed by atoms with E-state index in [4.69, 9.17) is 19.9 Å². The van der Waals surface area contributed by atoms with E-state index in [0.717, 1.165) is 22.4 Å². The standard InChI is InChI=1S/C14H23NO3/c1-10-8-14(17-4)11(2)7-12(10)13(15)9-18-6-5-16-3/h7-8,13H,5-6,9,15H2,1-4H3. The van der Waals surface area contributed by atoms with Gasteiger partial charge in [0.25, 0.3) is 0 Å². The van der Waals surface area contributed by atoms with Crippen molar-refractivity contribution in [2.24, 2.45) is 5.73 Å². The van der Waals surface area contributed by atoms with Gasteiger partial charge in [0, 0.05) is 7.11 Å². The van der Waals surface area contributed by atoms with Crippen molar-refractivity contribution in [3.8, 4) is 5.75 Å². The lowest BCUT2D eigenvalue weighted by atomic mass is 9.99. The van der Waals surface area contributed by atoms with E-state index in [9.17, 15) is 0 Å². The first-order chi connectivity index (χ1) is 8.60. The fourth-order valence-electron chi connectivity index (χ4n) is 1.87. The molecule has 0 fully saturated rings. The van der Waals surface area contributed by atoms with Gasteiger partial charge in [0.15, 0.2) is 0 Å². The zero-order valence-electron chi connectivity index (χ0n) is 11.7. The number of hydrogen-bond acceptors (Lipinski definition) is 4. The summed E-state index contributed by atoms with van der Waals surface area (Å²) < 4.78 is 15.7. The van der Waals surface area contributed by atoms with E-state index in [0.29, 0.717) is 19.8 Å². The highest BCUT2D eigenvalue weighted by Crippen LogP contribution is 2.25.